The molecule has 0 fully saturated rings. The molecule has 0 radical (unpaired) electrons. The highest BCUT2D eigenvalue weighted by molar-refractivity contribution is 5.85. The minimum atomic E-state index is 0. The molecule has 2 rings (SSSR count). The van der Waals surface area contributed by atoms with Gasteiger partial charge in [-0.2, -0.15) is 0 Å². The average Bonchev–Trinajstić information content (AvgIpc) is 2.42. The van der Waals surface area contributed by atoms with Crippen molar-refractivity contribution in [3.8, 4) is 5.75 Å². The van der Waals surface area contributed by atoms with E-state index in [0.29, 0.717) is 5.92 Å². The van der Waals surface area contributed by atoms with Crippen molar-refractivity contribution in [3.05, 3.63) is 30.1 Å². The van der Waals surface area contributed by atoms with Crippen LogP contribution in [0.15, 0.2) is 24.5 Å². The zero-order chi connectivity index (χ0) is 14.4. The second-order valence-electron chi connectivity index (χ2n) is 5.87. The van der Waals surface area contributed by atoms with Crippen LogP contribution in [0, 0.1) is 5.92 Å². The van der Waals surface area contributed by atoms with E-state index in [9.17, 15) is 0 Å². The average molecular weight is 311 g/mol. The fourth-order valence-corrected chi connectivity index (χ4v) is 2.96. The molecule has 3 nitrogen and oxygen atoms in total. The number of halogens is 1. The summed E-state index contributed by atoms with van der Waals surface area (Å²) in [5.41, 5.74) is 2.67. The Morgan fingerprint density at radius 1 is 1.24 bits per heavy atom. The van der Waals surface area contributed by atoms with Gasteiger partial charge in [0.15, 0.2) is 0 Å². The maximum atomic E-state index is 5.32. The lowest BCUT2D eigenvalue weighted by atomic mass is 9.85. The molecule has 1 atom stereocenters. The molecule has 118 valence electrons. The first-order chi connectivity index (χ1) is 9.70. The molecule has 1 unspecified atom stereocenters. The standard InChI is InChI=1S/C17H26N2O.ClH/c1-19(2)13-14-8-6-4-5-7-9-17(14)15-10-16(20-3)12-18-11-15;/h9-12,14H,4-8,13H2,1-3H3;1H. The van der Waals surface area contributed by atoms with Gasteiger partial charge in [-0.3, -0.25) is 4.98 Å². The summed E-state index contributed by atoms with van der Waals surface area (Å²) >= 11 is 0. The maximum Gasteiger partial charge on any atom is 0.137 e. The number of methoxy groups -OCH3 is 1. The normalized spacial score (nSPS) is 19.2. The van der Waals surface area contributed by atoms with Gasteiger partial charge in [0.05, 0.1) is 13.3 Å². The molecule has 0 N–H and O–H groups in total. The van der Waals surface area contributed by atoms with Gasteiger partial charge < -0.3 is 9.64 Å². The monoisotopic (exact) mass is 310 g/mol. The number of aromatic nitrogens is 1. The second-order valence-corrected chi connectivity index (χ2v) is 5.87. The molecule has 1 aliphatic carbocycles. The number of pyridine rings is 1. The Morgan fingerprint density at radius 2 is 2.05 bits per heavy atom. The van der Waals surface area contributed by atoms with Crippen LogP contribution in [0.5, 0.6) is 5.75 Å². The van der Waals surface area contributed by atoms with Gasteiger partial charge in [0.1, 0.15) is 5.75 Å². The quantitative estimate of drug-likeness (QED) is 0.839. The summed E-state index contributed by atoms with van der Waals surface area (Å²) in [7, 11) is 6.00. The predicted molar refractivity (Wildman–Crippen MR) is 91.1 cm³/mol. The number of hydrogen-bond acceptors (Lipinski definition) is 3. The molecule has 21 heavy (non-hydrogen) atoms. The molecule has 1 aliphatic rings. The first kappa shape index (κ1) is 18.0. The van der Waals surface area contributed by atoms with Gasteiger partial charge in [-0.15, -0.1) is 12.4 Å². The van der Waals surface area contributed by atoms with Gasteiger partial charge in [-0.05, 0) is 56.5 Å². The number of hydrogen-bond donors (Lipinski definition) is 0. The summed E-state index contributed by atoms with van der Waals surface area (Å²) < 4.78 is 5.32. The van der Waals surface area contributed by atoms with Crippen molar-refractivity contribution in [3.63, 3.8) is 0 Å². The van der Waals surface area contributed by atoms with Crippen LogP contribution in [-0.4, -0.2) is 37.6 Å². The number of rotatable bonds is 4. The highest BCUT2D eigenvalue weighted by atomic mass is 35.5. The molecule has 0 saturated heterocycles. The van der Waals surface area contributed by atoms with Crippen LogP contribution in [0.25, 0.3) is 5.57 Å². The number of allylic oxidation sites excluding steroid dienone is 1. The molecule has 1 aromatic heterocycles. The third-order valence-electron chi connectivity index (χ3n) is 3.93. The lowest BCUT2D eigenvalue weighted by Crippen LogP contribution is -2.23. The van der Waals surface area contributed by atoms with Crippen LogP contribution in [0.3, 0.4) is 0 Å². The van der Waals surface area contributed by atoms with E-state index in [4.69, 9.17) is 4.74 Å². The molecule has 0 spiro atoms. The molecular formula is C17H27ClN2O. The van der Waals surface area contributed by atoms with E-state index in [-0.39, 0.29) is 12.4 Å². The number of nitrogens with zero attached hydrogens (tertiary/aromatic N) is 2. The molecule has 1 heterocycles. The summed E-state index contributed by atoms with van der Waals surface area (Å²) in [6.07, 6.45) is 12.6. The number of ether oxygens (including phenoxy) is 1. The fraction of sp³-hybridized carbons (Fsp3) is 0.588. The van der Waals surface area contributed by atoms with E-state index in [1.807, 2.05) is 6.20 Å². The van der Waals surface area contributed by atoms with Crippen molar-refractivity contribution in [2.24, 2.45) is 5.92 Å². The summed E-state index contributed by atoms with van der Waals surface area (Å²) in [5, 5.41) is 0. The van der Waals surface area contributed by atoms with Crippen LogP contribution >= 0.6 is 12.4 Å². The van der Waals surface area contributed by atoms with Crippen molar-refractivity contribution in [1.82, 2.24) is 9.88 Å². The highest BCUT2D eigenvalue weighted by Crippen LogP contribution is 2.32. The Kier molecular flexibility index (Phi) is 7.76. The Hall–Kier alpha value is -1.06. The third-order valence-corrected chi connectivity index (χ3v) is 3.93. The molecule has 1 aromatic rings. The van der Waals surface area contributed by atoms with Crippen LogP contribution in [0.4, 0.5) is 0 Å². The van der Waals surface area contributed by atoms with Gasteiger partial charge in [-0.1, -0.05) is 18.9 Å². The molecule has 0 aromatic carbocycles. The topological polar surface area (TPSA) is 25.4 Å². The second kappa shape index (κ2) is 9.06. The van der Waals surface area contributed by atoms with Crippen LogP contribution in [-0.2, 0) is 0 Å². The maximum absolute atomic E-state index is 5.32. The minimum absolute atomic E-state index is 0. The molecule has 0 bridgehead atoms. The highest BCUT2D eigenvalue weighted by Gasteiger charge is 2.19. The van der Waals surface area contributed by atoms with E-state index in [1.54, 1.807) is 13.3 Å². The van der Waals surface area contributed by atoms with Crippen molar-refractivity contribution >= 4 is 18.0 Å². The molecule has 0 saturated carbocycles. The SMILES string of the molecule is COc1cncc(C2=CCCCCCC2CN(C)C)c1.Cl. The zero-order valence-electron chi connectivity index (χ0n) is 13.3. The van der Waals surface area contributed by atoms with E-state index in [2.05, 4.69) is 36.1 Å². The van der Waals surface area contributed by atoms with Crippen LogP contribution < -0.4 is 4.74 Å². The van der Waals surface area contributed by atoms with Gasteiger partial charge >= 0.3 is 0 Å². The van der Waals surface area contributed by atoms with Crippen LogP contribution in [0.2, 0.25) is 0 Å². The smallest absolute Gasteiger partial charge is 0.137 e. The van der Waals surface area contributed by atoms with E-state index in [1.165, 1.54) is 43.2 Å². The largest absolute Gasteiger partial charge is 0.495 e. The molecule has 4 heteroatoms. The van der Waals surface area contributed by atoms with Crippen molar-refractivity contribution in [2.45, 2.75) is 32.1 Å². The zero-order valence-corrected chi connectivity index (χ0v) is 14.2. The van der Waals surface area contributed by atoms with Gasteiger partial charge in [0, 0.05) is 12.7 Å². The first-order valence-electron chi connectivity index (χ1n) is 7.55. The first-order valence-corrected chi connectivity index (χ1v) is 7.55. The van der Waals surface area contributed by atoms with Gasteiger partial charge in [-0.25, -0.2) is 0 Å². The summed E-state index contributed by atoms with van der Waals surface area (Å²) in [5.74, 6) is 1.44. The Balaban J connectivity index is 0.00000220. The van der Waals surface area contributed by atoms with Crippen molar-refractivity contribution < 1.29 is 4.74 Å². The minimum Gasteiger partial charge on any atom is -0.495 e. The summed E-state index contributed by atoms with van der Waals surface area (Å²) in [6.45, 7) is 1.10. The van der Waals surface area contributed by atoms with E-state index in [0.717, 1.165) is 12.3 Å². The molecular weight excluding hydrogens is 284 g/mol. The molecule has 0 aliphatic heterocycles. The third kappa shape index (κ3) is 5.33. The van der Waals surface area contributed by atoms with Crippen molar-refractivity contribution in [1.29, 1.82) is 0 Å². The molecule has 0 amide bonds. The lowest BCUT2D eigenvalue weighted by molar-refractivity contribution is 0.346. The van der Waals surface area contributed by atoms with Crippen molar-refractivity contribution in [2.75, 3.05) is 27.7 Å². The Labute approximate surface area is 134 Å². The van der Waals surface area contributed by atoms with Crippen LogP contribution in [0.1, 0.15) is 37.7 Å². The predicted octanol–water partition coefficient (Wildman–Crippen LogP) is 4.04. The Morgan fingerprint density at radius 3 is 2.76 bits per heavy atom. The summed E-state index contributed by atoms with van der Waals surface area (Å²) in [6, 6.07) is 2.11. The summed E-state index contributed by atoms with van der Waals surface area (Å²) in [4.78, 5) is 6.60. The fourth-order valence-electron chi connectivity index (χ4n) is 2.96. The van der Waals surface area contributed by atoms with Gasteiger partial charge in [0.2, 0.25) is 0 Å². The van der Waals surface area contributed by atoms with E-state index < -0.39 is 0 Å². The van der Waals surface area contributed by atoms with Gasteiger partial charge in [0.25, 0.3) is 0 Å². The lowest BCUT2D eigenvalue weighted by Gasteiger charge is -2.26. The Bertz CT molecular complexity index is 460. The van der Waals surface area contributed by atoms with E-state index >= 15 is 0 Å².